The van der Waals surface area contributed by atoms with Gasteiger partial charge in [0.25, 0.3) is 5.91 Å². The first-order valence-corrected chi connectivity index (χ1v) is 10.4. The number of hydrogen-bond donors (Lipinski definition) is 2. The monoisotopic (exact) mass is 429 g/mol. The lowest BCUT2D eigenvalue weighted by molar-refractivity contribution is -0.134. The van der Waals surface area contributed by atoms with E-state index in [1.807, 2.05) is 6.07 Å². The zero-order chi connectivity index (χ0) is 21.9. The van der Waals surface area contributed by atoms with E-state index in [0.29, 0.717) is 27.4 Å². The summed E-state index contributed by atoms with van der Waals surface area (Å²) < 4.78 is 4.99. The van der Waals surface area contributed by atoms with Crippen LogP contribution < -0.4 is 10.6 Å². The number of nitrogens with one attached hydrogen (secondary N) is 2. The summed E-state index contributed by atoms with van der Waals surface area (Å²) in [6.45, 7) is 5.09. The van der Waals surface area contributed by atoms with Gasteiger partial charge in [0, 0.05) is 0 Å². The fraction of sp³-hybridized carbons (Fsp3) is 0.333. The number of esters is 1. The van der Waals surface area contributed by atoms with Crippen molar-refractivity contribution >= 4 is 40.2 Å². The first-order valence-electron chi connectivity index (χ1n) is 9.59. The molecule has 0 radical (unpaired) electrons. The maximum absolute atomic E-state index is 13.1. The van der Waals surface area contributed by atoms with Crippen molar-refractivity contribution in [3.8, 4) is 0 Å². The first kappa shape index (κ1) is 21.5. The van der Waals surface area contributed by atoms with Crippen LogP contribution >= 0.6 is 11.3 Å². The maximum atomic E-state index is 13.1. The van der Waals surface area contributed by atoms with Crippen LogP contribution in [-0.4, -0.2) is 41.9 Å². The van der Waals surface area contributed by atoms with Crippen molar-refractivity contribution in [3.05, 3.63) is 52.4 Å². The molecule has 3 rings (SSSR count). The molecule has 0 spiro atoms. The number of rotatable bonds is 7. The minimum absolute atomic E-state index is 0.255. The number of anilines is 1. The molecule has 2 heterocycles. The highest BCUT2D eigenvalue weighted by molar-refractivity contribution is 7.18. The number of ether oxygens (including phenoxy) is 1. The van der Waals surface area contributed by atoms with Gasteiger partial charge in [-0.25, -0.2) is 9.59 Å². The third-order valence-electron chi connectivity index (χ3n) is 4.92. The minimum atomic E-state index is -1.19. The van der Waals surface area contributed by atoms with E-state index in [-0.39, 0.29) is 6.61 Å². The average molecular weight is 429 g/mol. The predicted molar refractivity (Wildman–Crippen MR) is 112 cm³/mol. The summed E-state index contributed by atoms with van der Waals surface area (Å²) in [5.74, 6) is -1.45. The van der Waals surface area contributed by atoms with Crippen molar-refractivity contribution in [1.29, 1.82) is 0 Å². The van der Waals surface area contributed by atoms with Crippen molar-refractivity contribution in [2.75, 3.05) is 18.5 Å². The van der Waals surface area contributed by atoms with Crippen LogP contribution in [0.15, 0.2) is 36.4 Å². The van der Waals surface area contributed by atoms with Gasteiger partial charge in [-0.15, -0.1) is 11.3 Å². The third-order valence-corrected chi connectivity index (χ3v) is 6.05. The lowest BCUT2D eigenvalue weighted by Crippen LogP contribution is -2.44. The van der Waals surface area contributed by atoms with Crippen LogP contribution in [0.2, 0.25) is 0 Å². The molecule has 9 heteroatoms. The molecule has 1 fully saturated rings. The standard InChI is InChI=1S/C21H23N3O5S/c1-4-21(14-9-7-6-8-10-14)19(27)24(20(28)23-21)12-15(25)22-16-11-13(3)17(30-16)18(26)29-5-2/h6-11H,4-5,12H2,1-3H3,(H,22,25)(H,23,28). The fourth-order valence-electron chi connectivity index (χ4n) is 3.40. The van der Waals surface area contributed by atoms with Crippen LogP contribution in [0, 0.1) is 6.92 Å². The molecular formula is C21H23N3O5S. The lowest BCUT2D eigenvalue weighted by Gasteiger charge is -2.25. The van der Waals surface area contributed by atoms with Gasteiger partial charge < -0.3 is 15.4 Å². The number of thiophene rings is 1. The fourth-order valence-corrected chi connectivity index (χ4v) is 4.38. The van der Waals surface area contributed by atoms with E-state index in [1.165, 1.54) is 0 Å². The molecule has 0 aliphatic carbocycles. The Balaban J connectivity index is 1.73. The van der Waals surface area contributed by atoms with Crippen LogP contribution in [0.5, 0.6) is 0 Å². The average Bonchev–Trinajstić information content (AvgIpc) is 3.21. The molecule has 30 heavy (non-hydrogen) atoms. The second-order valence-corrected chi connectivity index (χ2v) is 7.89. The zero-order valence-electron chi connectivity index (χ0n) is 17.0. The lowest BCUT2D eigenvalue weighted by atomic mass is 9.87. The molecule has 2 N–H and O–H groups in total. The molecule has 1 unspecified atom stereocenters. The highest BCUT2D eigenvalue weighted by atomic mass is 32.1. The Morgan fingerprint density at radius 1 is 1.20 bits per heavy atom. The van der Waals surface area contributed by atoms with E-state index in [2.05, 4.69) is 10.6 Å². The molecule has 158 valence electrons. The van der Waals surface area contributed by atoms with E-state index in [0.717, 1.165) is 16.2 Å². The molecule has 1 atom stereocenters. The minimum Gasteiger partial charge on any atom is -0.462 e. The Kier molecular flexibility index (Phi) is 6.21. The van der Waals surface area contributed by atoms with Gasteiger partial charge in [0.15, 0.2) is 0 Å². The SMILES string of the molecule is CCOC(=O)c1sc(NC(=O)CN2C(=O)NC(CC)(c3ccccc3)C2=O)cc1C. The molecule has 0 saturated carbocycles. The van der Waals surface area contributed by atoms with Gasteiger partial charge >= 0.3 is 12.0 Å². The third kappa shape index (κ3) is 3.93. The van der Waals surface area contributed by atoms with E-state index in [4.69, 9.17) is 4.74 Å². The molecule has 1 aromatic carbocycles. The van der Waals surface area contributed by atoms with Crippen molar-refractivity contribution in [1.82, 2.24) is 10.2 Å². The first-order chi connectivity index (χ1) is 14.3. The molecule has 1 aromatic heterocycles. The quantitative estimate of drug-likeness (QED) is 0.520. The summed E-state index contributed by atoms with van der Waals surface area (Å²) in [4.78, 5) is 51.3. The number of benzene rings is 1. The summed E-state index contributed by atoms with van der Waals surface area (Å²) in [5.41, 5.74) is 0.161. The van der Waals surface area contributed by atoms with Crippen LogP contribution in [0.1, 0.15) is 41.1 Å². The Bertz CT molecular complexity index is 988. The van der Waals surface area contributed by atoms with Crippen molar-refractivity contribution < 1.29 is 23.9 Å². The van der Waals surface area contributed by atoms with Crippen LogP contribution in [0.4, 0.5) is 9.80 Å². The van der Waals surface area contributed by atoms with Crippen LogP contribution in [-0.2, 0) is 19.9 Å². The Labute approximate surface area is 178 Å². The van der Waals surface area contributed by atoms with Gasteiger partial charge in [0.05, 0.1) is 11.6 Å². The summed E-state index contributed by atoms with van der Waals surface area (Å²) in [5, 5.41) is 5.84. The number of urea groups is 1. The number of nitrogens with zero attached hydrogens (tertiary/aromatic N) is 1. The Morgan fingerprint density at radius 3 is 2.53 bits per heavy atom. The molecule has 8 nitrogen and oxygen atoms in total. The molecule has 2 aromatic rings. The smallest absolute Gasteiger partial charge is 0.348 e. The summed E-state index contributed by atoms with van der Waals surface area (Å²) in [7, 11) is 0. The maximum Gasteiger partial charge on any atom is 0.348 e. The molecule has 1 aliphatic heterocycles. The van der Waals surface area contributed by atoms with Crippen molar-refractivity contribution in [2.24, 2.45) is 0 Å². The number of imide groups is 1. The predicted octanol–water partition coefficient (Wildman–Crippen LogP) is 3.03. The van der Waals surface area contributed by atoms with Gasteiger partial charge in [-0.2, -0.15) is 0 Å². The van der Waals surface area contributed by atoms with Gasteiger partial charge in [-0.3, -0.25) is 14.5 Å². The summed E-state index contributed by atoms with van der Waals surface area (Å²) in [6, 6.07) is 10.0. The highest BCUT2D eigenvalue weighted by Crippen LogP contribution is 2.32. The number of carbonyl (C=O) groups is 4. The number of hydrogen-bond acceptors (Lipinski definition) is 6. The molecule has 1 aliphatic rings. The second-order valence-electron chi connectivity index (χ2n) is 6.84. The number of carbonyl (C=O) groups excluding carboxylic acids is 4. The number of amides is 4. The Morgan fingerprint density at radius 2 is 1.90 bits per heavy atom. The highest BCUT2D eigenvalue weighted by Gasteiger charge is 2.51. The molecule has 1 saturated heterocycles. The normalized spacial score (nSPS) is 18.3. The zero-order valence-corrected chi connectivity index (χ0v) is 17.8. The van der Waals surface area contributed by atoms with E-state index in [1.54, 1.807) is 51.1 Å². The van der Waals surface area contributed by atoms with E-state index < -0.39 is 35.9 Å². The van der Waals surface area contributed by atoms with Crippen molar-refractivity contribution in [3.63, 3.8) is 0 Å². The van der Waals surface area contributed by atoms with Crippen LogP contribution in [0.3, 0.4) is 0 Å². The number of aryl methyl sites for hydroxylation is 1. The molecular weight excluding hydrogens is 406 g/mol. The summed E-state index contributed by atoms with van der Waals surface area (Å²) in [6.07, 6.45) is 0.354. The van der Waals surface area contributed by atoms with E-state index >= 15 is 0 Å². The topological polar surface area (TPSA) is 105 Å². The van der Waals surface area contributed by atoms with Crippen LogP contribution in [0.25, 0.3) is 0 Å². The van der Waals surface area contributed by atoms with Crippen molar-refractivity contribution in [2.45, 2.75) is 32.7 Å². The van der Waals surface area contributed by atoms with E-state index in [9.17, 15) is 19.2 Å². The van der Waals surface area contributed by atoms with Gasteiger partial charge in [0.1, 0.15) is 17.0 Å². The van der Waals surface area contributed by atoms with Gasteiger partial charge in [-0.05, 0) is 37.5 Å². The largest absolute Gasteiger partial charge is 0.462 e. The molecule has 0 bridgehead atoms. The van der Waals surface area contributed by atoms with Gasteiger partial charge in [0.2, 0.25) is 5.91 Å². The molecule has 4 amide bonds. The Hall–Kier alpha value is -3.20. The summed E-state index contributed by atoms with van der Waals surface area (Å²) >= 11 is 1.09. The second kappa shape index (κ2) is 8.66. The van der Waals surface area contributed by atoms with Gasteiger partial charge in [-0.1, -0.05) is 37.3 Å².